The fourth-order valence-corrected chi connectivity index (χ4v) is 6.82. The third kappa shape index (κ3) is 5.88. The van der Waals surface area contributed by atoms with Gasteiger partial charge in [-0.1, -0.05) is 106 Å². The second-order valence-corrected chi connectivity index (χ2v) is 15.5. The van der Waals surface area contributed by atoms with Crippen molar-refractivity contribution in [1.29, 1.82) is 0 Å². The molecular formula is C30H41BOSi. The van der Waals surface area contributed by atoms with Gasteiger partial charge in [0.2, 0.25) is 6.71 Å². The Bertz CT molecular complexity index is 1010. The fourth-order valence-electron chi connectivity index (χ4n) is 5.71. The normalized spacial score (nSPS) is 13.6. The van der Waals surface area contributed by atoms with Crippen LogP contribution in [0.15, 0.2) is 54.6 Å². The molecule has 0 heterocycles. The average molecular weight is 457 g/mol. The lowest BCUT2D eigenvalue weighted by atomic mass is 9.30. The van der Waals surface area contributed by atoms with E-state index in [4.69, 9.17) is 4.43 Å². The van der Waals surface area contributed by atoms with Gasteiger partial charge in [-0.15, -0.1) is 0 Å². The van der Waals surface area contributed by atoms with Crippen LogP contribution in [0.3, 0.4) is 0 Å². The second kappa shape index (κ2) is 10.0. The number of aryl methyl sites for hydroxylation is 6. The summed E-state index contributed by atoms with van der Waals surface area (Å²) in [5.74, 6) is 0.277. The summed E-state index contributed by atoms with van der Waals surface area (Å²) in [6, 6.07) is 20.2. The summed E-state index contributed by atoms with van der Waals surface area (Å²) < 4.78 is 6.96. The quantitative estimate of drug-likeness (QED) is 0.344. The van der Waals surface area contributed by atoms with Gasteiger partial charge in [0.05, 0.1) is 6.10 Å². The van der Waals surface area contributed by atoms with Crippen molar-refractivity contribution in [3.63, 3.8) is 0 Å². The Morgan fingerprint density at radius 2 is 1.06 bits per heavy atom. The molecule has 0 aliphatic heterocycles. The number of benzene rings is 3. The van der Waals surface area contributed by atoms with E-state index in [-0.39, 0.29) is 18.6 Å². The van der Waals surface area contributed by atoms with Gasteiger partial charge in [0.25, 0.3) is 0 Å². The van der Waals surface area contributed by atoms with Crippen molar-refractivity contribution >= 4 is 26.0 Å². The van der Waals surface area contributed by atoms with Gasteiger partial charge in [0.1, 0.15) is 0 Å². The molecule has 3 aromatic carbocycles. The molecule has 0 unspecified atom stereocenters. The van der Waals surface area contributed by atoms with Crippen LogP contribution in [0.2, 0.25) is 25.5 Å². The first kappa shape index (κ1) is 25.5. The van der Waals surface area contributed by atoms with Crippen molar-refractivity contribution in [3.8, 4) is 0 Å². The smallest absolute Gasteiger partial charge is 0.216 e. The van der Waals surface area contributed by atoms with E-state index in [0.717, 1.165) is 0 Å². The Hall–Kier alpha value is -2.10. The molecule has 33 heavy (non-hydrogen) atoms. The van der Waals surface area contributed by atoms with Crippen LogP contribution in [0.1, 0.15) is 52.0 Å². The van der Waals surface area contributed by atoms with Crippen molar-refractivity contribution in [2.24, 2.45) is 0 Å². The maximum absolute atomic E-state index is 6.96. The number of hydrogen-bond donors (Lipinski definition) is 0. The van der Waals surface area contributed by atoms with E-state index >= 15 is 0 Å². The van der Waals surface area contributed by atoms with Crippen LogP contribution in [0, 0.1) is 41.5 Å². The van der Waals surface area contributed by atoms with Crippen LogP contribution in [0.25, 0.3) is 0 Å². The van der Waals surface area contributed by atoms with Crippen molar-refractivity contribution in [2.45, 2.75) is 80.0 Å². The predicted octanol–water partition coefficient (Wildman–Crippen LogP) is 7.13. The lowest BCUT2D eigenvalue weighted by Gasteiger charge is -2.37. The van der Waals surface area contributed by atoms with Crippen LogP contribution in [-0.4, -0.2) is 15.0 Å². The van der Waals surface area contributed by atoms with Crippen LogP contribution in [-0.2, 0) is 4.43 Å². The number of rotatable bonds is 7. The molecule has 3 aromatic rings. The molecule has 0 saturated heterocycles. The molecule has 0 aliphatic rings. The van der Waals surface area contributed by atoms with Crippen molar-refractivity contribution < 1.29 is 4.43 Å². The van der Waals surface area contributed by atoms with Gasteiger partial charge >= 0.3 is 0 Å². The Kier molecular flexibility index (Phi) is 7.76. The topological polar surface area (TPSA) is 9.23 Å². The van der Waals surface area contributed by atoms with Gasteiger partial charge in [-0.05, 0) is 72.6 Å². The maximum atomic E-state index is 6.96. The molecular weight excluding hydrogens is 415 g/mol. The Morgan fingerprint density at radius 1 is 0.667 bits per heavy atom. The summed E-state index contributed by atoms with van der Waals surface area (Å²) >= 11 is 0. The zero-order chi connectivity index (χ0) is 24.5. The zero-order valence-corrected chi connectivity index (χ0v) is 23.3. The third-order valence-corrected chi connectivity index (χ3v) is 7.67. The highest BCUT2D eigenvalue weighted by Crippen LogP contribution is 2.36. The van der Waals surface area contributed by atoms with Crippen LogP contribution < -0.4 is 10.9 Å². The molecule has 0 radical (unpaired) electrons. The summed E-state index contributed by atoms with van der Waals surface area (Å²) in [6.07, 6.45) is 0.0445. The summed E-state index contributed by atoms with van der Waals surface area (Å²) in [5.41, 5.74) is 12.4. The number of hydrogen-bond acceptors (Lipinski definition) is 1. The SMILES string of the molecule is Cc1cc(C)c(B(c2c(C)cc(C)cc2C)[C@H](C)[C@H](O[Si](C)(C)C)c2ccccc2)c(C)c1. The van der Waals surface area contributed by atoms with Gasteiger partial charge in [0, 0.05) is 0 Å². The standard InChI is InChI=1S/C30H41BOSi/c1-20-16-22(3)28(23(4)17-20)31(29-24(5)18-21(2)19-25(29)6)26(7)30(32-33(8,9)10)27-14-12-11-13-15-27/h11-19,26,30H,1-10H3/t26-,30+/m1/s1. The van der Waals surface area contributed by atoms with Gasteiger partial charge < -0.3 is 4.43 Å². The van der Waals surface area contributed by atoms with E-state index in [1.54, 1.807) is 0 Å². The summed E-state index contributed by atoms with van der Waals surface area (Å²) in [5, 5.41) is 0. The van der Waals surface area contributed by atoms with E-state index in [0.29, 0.717) is 0 Å². The molecule has 0 aliphatic carbocycles. The van der Waals surface area contributed by atoms with E-state index in [1.807, 2.05) is 0 Å². The predicted molar refractivity (Wildman–Crippen MR) is 149 cm³/mol. The summed E-state index contributed by atoms with van der Waals surface area (Å²) in [4.78, 5) is 0. The largest absolute Gasteiger partial charge is 0.411 e. The molecule has 3 rings (SSSR count). The lowest BCUT2D eigenvalue weighted by molar-refractivity contribution is 0.192. The molecule has 0 bridgehead atoms. The van der Waals surface area contributed by atoms with E-state index < -0.39 is 8.32 Å². The van der Waals surface area contributed by atoms with E-state index in [9.17, 15) is 0 Å². The Balaban J connectivity index is 2.29. The first-order chi connectivity index (χ1) is 15.4. The van der Waals surface area contributed by atoms with Crippen molar-refractivity contribution in [2.75, 3.05) is 0 Å². The molecule has 0 amide bonds. The van der Waals surface area contributed by atoms with Crippen LogP contribution in [0.5, 0.6) is 0 Å². The van der Waals surface area contributed by atoms with Gasteiger partial charge in [-0.2, -0.15) is 0 Å². The van der Waals surface area contributed by atoms with E-state index in [2.05, 4.69) is 123 Å². The first-order valence-electron chi connectivity index (χ1n) is 12.3. The zero-order valence-electron chi connectivity index (χ0n) is 22.3. The molecule has 3 heteroatoms. The molecule has 174 valence electrons. The summed E-state index contributed by atoms with van der Waals surface area (Å²) in [7, 11) is -1.79. The fraction of sp³-hybridized carbons (Fsp3) is 0.400. The highest BCUT2D eigenvalue weighted by molar-refractivity contribution is 6.87. The molecule has 0 fully saturated rings. The average Bonchev–Trinajstić information content (AvgIpc) is 2.69. The van der Waals surface area contributed by atoms with Crippen molar-refractivity contribution in [1.82, 2.24) is 0 Å². The minimum absolute atomic E-state index is 0.0445. The van der Waals surface area contributed by atoms with Crippen molar-refractivity contribution in [3.05, 3.63) is 93.5 Å². The molecule has 0 aromatic heterocycles. The van der Waals surface area contributed by atoms with E-state index in [1.165, 1.54) is 49.9 Å². The highest BCUT2D eigenvalue weighted by Gasteiger charge is 2.38. The lowest BCUT2D eigenvalue weighted by Crippen LogP contribution is -2.52. The Labute approximate surface area is 203 Å². The molecule has 1 nitrogen and oxygen atoms in total. The van der Waals surface area contributed by atoms with Gasteiger partial charge in [0.15, 0.2) is 8.32 Å². The highest BCUT2D eigenvalue weighted by atomic mass is 28.4. The van der Waals surface area contributed by atoms with Crippen LogP contribution in [0.4, 0.5) is 0 Å². The Morgan fingerprint density at radius 3 is 1.42 bits per heavy atom. The molecule has 0 spiro atoms. The third-order valence-electron chi connectivity index (χ3n) is 6.71. The molecule has 0 N–H and O–H groups in total. The second-order valence-electron chi connectivity index (χ2n) is 11.0. The minimum Gasteiger partial charge on any atom is -0.411 e. The maximum Gasteiger partial charge on any atom is 0.216 e. The van der Waals surface area contributed by atoms with Gasteiger partial charge in [-0.3, -0.25) is 0 Å². The molecule has 2 atom stereocenters. The monoisotopic (exact) mass is 456 g/mol. The van der Waals surface area contributed by atoms with Gasteiger partial charge in [-0.25, -0.2) is 0 Å². The minimum atomic E-state index is -1.79. The summed E-state index contributed by atoms with van der Waals surface area (Å²) in [6.45, 7) is 23.1. The van der Waals surface area contributed by atoms with Crippen LogP contribution >= 0.6 is 0 Å². The first-order valence-corrected chi connectivity index (χ1v) is 15.7. The molecule has 0 saturated carbocycles.